The van der Waals surface area contributed by atoms with E-state index < -0.39 is 5.97 Å². The van der Waals surface area contributed by atoms with Crippen LogP contribution in [0.4, 0.5) is 0 Å². The first-order valence-corrected chi connectivity index (χ1v) is 15.4. The molecule has 43 heavy (non-hydrogen) atoms. The molecule has 5 rings (SSSR count). The maximum absolute atomic E-state index is 14.3. The molecule has 1 aromatic heterocycles. The number of Topliss-reactive ketones (excluding diaryl/α,β-unsaturated/α-hetero) is 1. The van der Waals surface area contributed by atoms with E-state index in [1.807, 2.05) is 36.4 Å². The molecule has 0 saturated heterocycles. The normalized spacial score (nSPS) is 14.0. The van der Waals surface area contributed by atoms with Gasteiger partial charge in [-0.3, -0.25) is 14.4 Å². The molecule has 0 aliphatic heterocycles. The van der Waals surface area contributed by atoms with Crippen LogP contribution in [0.25, 0.3) is 10.9 Å². The van der Waals surface area contributed by atoms with Crippen molar-refractivity contribution in [2.24, 2.45) is 11.8 Å². The molecule has 1 aliphatic rings. The van der Waals surface area contributed by atoms with E-state index in [0.29, 0.717) is 35.2 Å². The summed E-state index contributed by atoms with van der Waals surface area (Å²) in [6.07, 6.45) is 3.59. The van der Waals surface area contributed by atoms with Crippen LogP contribution in [0, 0.1) is 11.8 Å². The van der Waals surface area contributed by atoms with Crippen molar-refractivity contribution in [3.63, 3.8) is 0 Å². The number of nitrogens with one attached hydrogen (secondary N) is 1. The molecule has 2 N–H and O–H groups in total. The summed E-state index contributed by atoms with van der Waals surface area (Å²) in [6, 6.07) is 23.7. The van der Waals surface area contributed by atoms with E-state index in [0.717, 1.165) is 41.3 Å². The monoisotopic (exact) mass is 598 g/mol. The van der Waals surface area contributed by atoms with Gasteiger partial charge >= 0.3 is 5.97 Å². The first-order valence-electron chi connectivity index (χ1n) is 15.0. The summed E-state index contributed by atoms with van der Waals surface area (Å²) < 4.78 is 2.13. The first kappa shape index (κ1) is 30.6. The van der Waals surface area contributed by atoms with Gasteiger partial charge in [-0.15, -0.1) is 0 Å². The molecule has 6 nitrogen and oxygen atoms in total. The summed E-state index contributed by atoms with van der Waals surface area (Å²) in [5.74, 6) is -0.768. The molecule has 1 amide bonds. The van der Waals surface area contributed by atoms with Crippen LogP contribution in [0.5, 0.6) is 0 Å². The molecule has 224 valence electrons. The van der Waals surface area contributed by atoms with E-state index in [-0.39, 0.29) is 36.0 Å². The van der Waals surface area contributed by atoms with Crippen LogP contribution >= 0.6 is 11.6 Å². The topological polar surface area (TPSA) is 88.4 Å². The smallest absolute Gasteiger partial charge is 0.305 e. The standard InChI is InChI=1S/C36H39ClN2O4/c1-36(2,3)29-12-8-25(9-13-29)22-39-31-15-14-30(37)20-27(31)21-32(39)34(42)28(18-23-4-5-23)19-24-6-10-26(11-7-24)35(43)38-17-16-33(40)41/h6-15,20-21,23,28H,4-5,16-19,22H2,1-3H3,(H,38,43)(H,40,41). The molecule has 7 heteroatoms. The lowest BCUT2D eigenvalue weighted by atomic mass is 9.86. The molecule has 1 unspecified atom stereocenters. The van der Waals surface area contributed by atoms with Crippen molar-refractivity contribution in [1.29, 1.82) is 0 Å². The Morgan fingerprint density at radius 2 is 1.63 bits per heavy atom. The van der Waals surface area contributed by atoms with E-state index in [4.69, 9.17) is 16.7 Å². The highest BCUT2D eigenvalue weighted by Gasteiger charge is 2.32. The van der Waals surface area contributed by atoms with Gasteiger partial charge in [-0.2, -0.15) is 0 Å². The van der Waals surface area contributed by atoms with E-state index >= 15 is 0 Å². The van der Waals surface area contributed by atoms with Crippen molar-refractivity contribution in [3.8, 4) is 0 Å². The molecular formula is C36H39ClN2O4. The average Bonchev–Trinajstić information content (AvgIpc) is 3.72. The van der Waals surface area contributed by atoms with Crippen LogP contribution in [0.3, 0.4) is 0 Å². The van der Waals surface area contributed by atoms with Gasteiger partial charge in [0.15, 0.2) is 5.78 Å². The third-order valence-corrected chi connectivity index (χ3v) is 8.52. The number of aliphatic carboxylic acids is 1. The van der Waals surface area contributed by atoms with Crippen molar-refractivity contribution in [2.75, 3.05) is 6.54 Å². The Hall–Kier alpha value is -3.90. The Balaban J connectivity index is 1.40. The quantitative estimate of drug-likeness (QED) is 0.164. The summed E-state index contributed by atoms with van der Waals surface area (Å²) in [7, 11) is 0. The molecular weight excluding hydrogens is 560 g/mol. The van der Waals surface area contributed by atoms with Gasteiger partial charge < -0.3 is 15.0 Å². The maximum Gasteiger partial charge on any atom is 0.305 e. The third kappa shape index (κ3) is 7.74. The zero-order valence-corrected chi connectivity index (χ0v) is 25.8. The number of carbonyl (C=O) groups excluding carboxylic acids is 2. The first-order chi connectivity index (χ1) is 20.5. The lowest BCUT2D eigenvalue weighted by Crippen LogP contribution is -2.26. The molecule has 1 fully saturated rings. The largest absolute Gasteiger partial charge is 0.481 e. The predicted octanol–water partition coefficient (Wildman–Crippen LogP) is 7.69. The zero-order valence-electron chi connectivity index (χ0n) is 25.0. The fourth-order valence-electron chi connectivity index (χ4n) is 5.62. The molecule has 1 aliphatic carbocycles. The Labute approximate surface area is 258 Å². The van der Waals surface area contributed by atoms with E-state index in [1.165, 1.54) is 5.56 Å². The highest BCUT2D eigenvalue weighted by atomic mass is 35.5. The summed E-state index contributed by atoms with van der Waals surface area (Å²) in [5, 5.41) is 13.0. The number of amides is 1. The van der Waals surface area contributed by atoms with Gasteiger partial charge in [-0.1, -0.05) is 81.6 Å². The summed E-state index contributed by atoms with van der Waals surface area (Å²) in [4.78, 5) is 37.5. The van der Waals surface area contributed by atoms with Crippen molar-refractivity contribution < 1.29 is 19.5 Å². The second kappa shape index (κ2) is 12.8. The van der Waals surface area contributed by atoms with Crippen LogP contribution in [-0.2, 0) is 23.2 Å². The van der Waals surface area contributed by atoms with Gasteiger partial charge in [0.25, 0.3) is 5.91 Å². The number of fused-ring (bicyclic) bond motifs is 1. The van der Waals surface area contributed by atoms with Gasteiger partial charge in [0, 0.05) is 40.5 Å². The lowest BCUT2D eigenvalue weighted by Gasteiger charge is -2.20. The molecule has 0 spiro atoms. The van der Waals surface area contributed by atoms with Crippen LogP contribution in [0.2, 0.25) is 5.02 Å². The molecule has 1 heterocycles. The lowest BCUT2D eigenvalue weighted by molar-refractivity contribution is -0.136. The Morgan fingerprint density at radius 3 is 2.26 bits per heavy atom. The summed E-state index contributed by atoms with van der Waals surface area (Å²) >= 11 is 6.36. The number of ketones is 1. The number of halogens is 1. The number of carbonyl (C=O) groups is 3. The summed E-state index contributed by atoms with van der Waals surface area (Å²) in [5.41, 5.74) is 5.59. The molecule has 1 atom stereocenters. The molecule has 0 bridgehead atoms. The number of nitrogens with zero attached hydrogens (tertiary/aromatic N) is 1. The van der Waals surface area contributed by atoms with Gasteiger partial charge in [0.1, 0.15) is 0 Å². The highest BCUT2D eigenvalue weighted by Crippen LogP contribution is 2.38. The maximum atomic E-state index is 14.3. The van der Waals surface area contributed by atoms with Crippen LogP contribution in [0.15, 0.2) is 72.8 Å². The van der Waals surface area contributed by atoms with Crippen molar-refractivity contribution >= 4 is 40.2 Å². The van der Waals surface area contributed by atoms with E-state index in [2.05, 4.69) is 54.9 Å². The molecule has 0 radical (unpaired) electrons. The van der Waals surface area contributed by atoms with Gasteiger partial charge in [0.2, 0.25) is 0 Å². The second-order valence-corrected chi connectivity index (χ2v) is 13.2. The highest BCUT2D eigenvalue weighted by molar-refractivity contribution is 6.31. The number of benzene rings is 3. The average molecular weight is 599 g/mol. The SMILES string of the molecule is CC(C)(C)c1ccc(Cn2c(C(=O)C(Cc3ccc(C(=O)NCCC(=O)O)cc3)CC3CC3)cc3cc(Cl)ccc32)cc1. The van der Waals surface area contributed by atoms with Crippen molar-refractivity contribution in [2.45, 2.75) is 64.8 Å². The number of hydrogen-bond acceptors (Lipinski definition) is 3. The van der Waals surface area contributed by atoms with E-state index in [1.54, 1.807) is 12.1 Å². The molecule has 1 saturated carbocycles. The van der Waals surface area contributed by atoms with Crippen molar-refractivity contribution in [3.05, 3.63) is 106 Å². The predicted molar refractivity (Wildman–Crippen MR) is 171 cm³/mol. The fourth-order valence-corrected chi connectivity index (χ4v) is 5.80. The number of rotatable bonds is 12. The minimum absolute atomic E-state index is 0.0644. The van der Waals surface area contributed by atoms with Gasteiger partial charge in [0.05, 0.1) is 12.1 Å². The zero-order chi connectivity index (χ0) is 30.7. The van der Waals surface area contributed by atoms with E-state index in [9.17, 15) is 14.4 Å². The van der Waals surface area contributed by atoms with Crippen LogP contribution < -0.4 is 5.32 Å². The minimum atomic E-state index is -0.956. The van der Waals surface area contributed by atoms with Gasteiger partial charge in [-0.05, 0) is 77.3 Å². The number of carboxylic acid groups (broad SMARTS) is 1. The van der Waals surface area contributed by atoms with Gasteiger partial charge in [-0.25, -0.2) is 0 Å². The number of carboxylic acids is 1. The summed E-state index contributed by atoms with van der Waals surface area (Å²) in [6.45, 7) is 7.26. The Morgan fingerprint density at radius 1 is 0.953 bits per heavy atom. The van der Waals surface area contributed by atoms with Crippen molar-refractivity contribution in [1.82, 2.24) is 9.88 Å². The number of hydrogen-bond donors (Lipinski definition) is 2. The molecule has 3 aromatic carbocycles. The third-order valence-electron chi connectivity index (χ3n) is 8.28. The molecule has 4 aromatic rings. The van der Waals surface area contributed by atoms with Crippen LogP contribution in [-0.4, -0.2) is 33.9 Å². The second-order valence-electron chi connectivity index (χ2n) is 12.8. The minimum Gasteiger partial charge on any atom is -0.481 e. The van der Waals surface area contributed by atoms with Crippen LogP contribution in [0.1, 0.15) is 84.0 Å². The Kier molecular flexibility index (Phi) is 9.07. The number of aromatic nitrogens is 1. The fraction of sp³-hybridized carbons (Fsp3) is 0.361. The Bertz CT molecular complexity index is 1630.